The van der Waals surface area contributed by atoms with Crippen molar-refractivity contribution in [2.45, 2.75) is 88.1 Å². The molecule has 358 valence electrons. The summed E-state index contributed by atoms with van der Waals surface area (Å²) >= 11 is 0. The van der Waals surface area contributed by atoms with Crippen LogP contribution >= 0.6 is 0 Å². The van der Waals surface area contributed by atoms with Crippen molar-refractivity contribution in [2.24, 2.45) is 5.92 Å². The Labute approximate surface area is 392 Å². The summed E-state index contributed by atoms with van der Waals surface area (Å²) in [5.74, 6) is 2.01. The van der Waals surface area contributed by atoms with Crippen LogP contribution in [0.15, 0.2) is 66.4 Å². The van der Waals surface area contributed by atoms with E-state index in [1.807, 2.05) is 39.3 Å². The highest BCUT2D eigenvalue weighted by Crippen LogP contribution is 2.61. The van der Waals surface area contributed by atoms with Crippen LogP contribution in [0.25, 0.3) is 28.1 Å². The number of H-pyrrole nitrogens is 1. The van der Waals surface area contributed by atoms with E-state index in [1.165, 1.54) is 11.1 Å². The van der Waals surface area contributed by atoms with Gasteiger partial charge in [-0.15, -0.1) is 0 Å². The molecule has 5 aromatic rings. The van der Waals surface area contributed by atoms with E-state index >= 15 is 0 Å². The van der Waals surface area contributed by atoms with Gasteiger partial charge < -0.3 is 65.4 Å². The van der Waals surface area contributed by atoms with Gasteiger partial charge in [0.1, 0.15) is 35.6 Å². The van der Waals surface area contributed by atoms with E-state index in [2.05, 4.69) is 70.4 Å². The number of fused-ring (bicyclic) bond motifs is 8. The van der Waals surface area contributed by atoms with E-state index in [0.29, 0.717) is 75.6 Å². The Morgan fingerprint density at radius 1 is 0.925 bits per heavy atom. The summed E-state index contributed by atoms with van der Waals surface area (Å²) < 4.78 is 27.3. The number of aromatic nitrogens is 1. The Morgan fingerprint density at radius 2 is 1.75 bits per heavy atom. The Balaban J connectivity index is 1.23. The monoisotopic (exact) mass is 917 g/mol. The number of benzene rings is 4. The van der Waals surface area contributed by atoms with Gasteiger partial charge in [0, 0.05) is 72.6 Å². The van der Waals surface area contributed by atoms with Gasteiger partial charge in [-0.1, -0.05) is 32.0 Å². The van der Waals surface area contributed by atoms with E-state index in [0.717, 1.165) is 55.6 Å². The minimum Gasteiger partial charge on any atom is -0.507 e. The van der Waals surface area contributed by atoms with Crippen molar-refractivity contribution in [3.63, 3.8) is 0 Å². The average Bonchev–Trinajstić information content (AvgIpc) is 3.79. The molecule has 2 aliphatic carbocycles. The summed E-state index contributed by atoms with van der Waals surface area (Å²) in [6, 6.07) is 17.7. The molecule has 0 fully saturated rings. The van der Waals surface area contributed by atoms with Gasteiger partial charge in [-0.05, 0) is 140 Å². The van der Waals surface area contributed by atoms with Crippen LogP contribution in [-0.4, -0.2) is 115 Å². The van der Waals surface area contributed by atoms with Crippen LogP contribution in [-0.2, 0) is 24.0 Å². The molecule has 0 unspecified atom stereocenters. The molecular weight excluding hydrogens is 851 g/mol. The lowest BCUT2D eigenvalue weighted by Gasteiger charge is -2.48. The maximum Gasteiger partial charge on any atom is 0.161 e. The van der Waals surface area contributed by atoms with Crippen molar-refractivity contribution >= 4 is 17.0 Å². The third kappa shape index (κ3) is 9.02. The number of hydrogen-bond donors (Lipinski definition) is 10. The maximum atomic E-state index is 11.7. The Bertz CT molecular complexity index is 2630. The number of likely N-dealkylation sites (N-methyl/N-ethyl adjacent to an activating group) is 1. The molecule has 0 spiro atoms. The van der Waals surface area contributed by atoms with Crippen LogP contribution in [0.2, 0.25) is 0 Å². The molecule has 0 bridgehead atoms. The first kappa shape index (κ1) is 46.9. The van der Waals surface area contributed by atoms with Gasteiger partial charge in [0.15, 0.2) is 17.6 Å². The first-order chi connectivity index (χ1) is 32.4. The number of aliphatic hydroxyl groups excluding tert-OH is 2. The number of aromatic hydroxyl groups is 2. The second kappa shape index (κ2) is 19.4. The van der Waals surface area contributed by atoms with Crippen molar-refractivity contribution in [3.8, 4) is 39.9 Å². The van der Waals surface area contributed by atoms with Crippen molar-refractivity contribution in [1.82, 2.24) is 26.3 Å². The molecular formula is C53H67N5O9. The van der Waals surface area contributed by atoms with E-state index in [4.69, 9.17) is 18.9 Å². The zero-order valence-corrected chi connectivity index (χ0v) is 39.3. The number of rotatable bonds is 19. The highest BCUT2D eigenvalue weighted by atomic mass is 16.6. The fourth-order valence-corrected chi connectivity index (χ4v) is 11.5. The molecule has 9 rings (SSSR count). The fraction of sp³-hybridized carbons (Fsp3) is 0.472. The zero-order valence-electron chi connectivity index (χ0n) is 39.3. The van der Waals surface area contributed by atoms with Gasteiger partial charge in [0.05, 0.1) is 25.5 Å². The molecule has 67 heavy (non-hydrogen) atoms. The maximum absolute atomic E-state index is 11.7. The third-order valence-electron chi connectivity index (χ3n) is 14.1. The van der Waals surface area contributed by atoms with Gasteiger partial charge in [0.25, 0.3) is 0 Å². The summed E-state index contributed by atoms with van der Waals surface area (Å²) in [6.45, 7) is 7.62. The Hall–Kier alpha value is -5.16. The van der Waals surface area contributed by atoms with Crippen LogP contribution in [0.4, 0.5) is 0 Å². The normalized spacial score (nSPS) is 22.5. The molecule has 14 nitrogen and oxygen atoms in total. The van der Waals surface area contributed by atoms with Gasteiger partial charge in [-0.25, -0.2) is 0 Å². The molecule has 4 aromatic carbocycles. The van der Waals surface area contributed by atoms with Gasteiger partial charge >= 0.3 is 0 Å². The number of phenols is 2. The number of aromatic amines is 1. The quantitative estimate of drug-likeness (QED) is 0.0348. The Kier molecular flexibility index (Phi) is 13.6. The van der Waals surface area contributed by atoms with Crippen LogP contribution in [0.1, 0.15) is 90.5 Å². The van der Waals surface area contributed by atoms with E-state index in [-0.39, 0.29) is 55.6 Å². The Morgan fingerprint density at radius 3 is 2.52 bits per heavy atom. The number of hydrogen-bond acceptors (Lipinski definition) is 13. The van der Waals surface area contributed by atoms with Gasteiger partial charge in [-0.3, -0.25) is 5.32 Å². The summed E-state index contributed by atoms with van der Waals surface area (Å²) in [5.41, 5.74) is 9.04. The van der Waals surface area contributed by atoms with E-state index < -0.39 is 23.4 Å². The summed E-state index contributed by atoms with van der Waals surface area (Å²) in [7, 11) is 3.80. The number of aliphatic hydroxyl groups is 3. The van der Waals surface area contributed by atoms with Gasteiger partial charge in [0.2, 0.25) is 0 Å². The van der Waals surface area contributed by atoms with Crippen LogP contribution in [0.5, 0.6) is 28.7 Å². The topological polar surface area (TPSA) is 202 Å². The van der Waals surface area contributed by atoms with Crippen LogP contribution < -0.4 is 35.5 Å². The zero-order chi connectivity index (χ0) is 47.0. The predicted octanol–water partition coefficient (Wildman–Crippen LogP) is 5.89. The molecule has 3 heterocycles. The van der Waals surface area contributed by atoms with Crippen molar-refractivity contribution in [2.75, 3.05) is 66.9 Å². The third-order valence-corrected chi connectivity index (χ3v) is 14.1. The lowest BCUT2D eigenvalue weighted by atomic mass is 9.62. The molecule has 1 aromatic heterocycles. The van der Waals surface area contributed by atoms with E-state index in [9.17, 15) is 25.5 Å². The fourth-order valence-electron chi connectivity index (χ4n) is 11.5. The molecule has 0 saturated heterocycles. The van der Waals surface area contributed by atoms with Crippen molar-refractivity contribution in [1.29, 1.82) is 0 Å². The smallest absolute Gasteiger partial charge is 0.161 e. The summed E-state index contributed by atoms with van der Waals surface area (Å²) in [6.07, 6.45) is 5.85. The molecule has 2 aliphatic heterocycles. The summed E-state index contributed by atoms with van der Waals surface area (Å²) in [4.78, 5) is 3.35. The largest absolute Gasteiger partial charge is 0.507 e. The lowest BCUT2D eigenvalue weighted by molar-refractivity contribution is -0.129. The van der Waals surface area contributed by atoms with E-state index in [1.54, 1.807) is 18.2 Å². The van der Waals surface area contributed by atoms with Gasteiger partial charge in [-0.2, -0.15) is 0 Å². The number of ether oxygens (including phenoxy) is 4. The molecule has 0 saturated carbocycles. The molecule has 6 atom stereocenters. The number of phenolic OH excluding ortho intramolecular Hbond substituents is 2. The molecule has 0 amide bonds. The number of nitrogens with one attached hydrogen (secondary N) is 5. The lowest BCUT2D eigenvalue weighted by Crippen LogP contribution is -2.56. The minimum atomic E-state index is -1.06. The standard InChI is InChI=1S/C53H67N5O9/c1-30(2)22-52(3,63)26-56-28-57-27-53(65-29-55-5)23-41-38-21-40-46(32-6-11-42-31(18-32)14-15-58-42)34(24-54-4)19-39-43(61)13-10-36(47(39)40)48(38)50-37(9-8-35(25-60)66-50)49(41)67-51(53)33-7-12-44(62)45(20-33)64-17-16-59/h6-7,10-15,18-20,30,35,40,46,51,54-63H,8-9,16-17,21-29H2,1-5H3/t35-,40-,46+,51-,52+,53+/m1/s1. The minimum absolute atomic E-state index is 0.00300. The average molecular weight is 918 g/mol. The first-order valence-corrected chi connectivity index (χ1v) is 23.8. The highest BCUT2D eigenvalue weighted by molar-refractivity contribution is 5.90. The van der Waals surface area contributed by atoms with Crippen molar-refractivity contribution in [3.05, 3.63) is 105 Å². The molecule has 4 aliphatic rings. The van der Waals surface area contributed by atoms with Crippen LogP contribution in [0.3, 0.4) is 0 Å². The molecule has 10 N–H and O–H groups in total. The van der Waals surface area contributed by atoms with Crippen LogP contribution in [0, 0.1) is 5.92 Å². The highest BCUT2D eigenvalue weighted by Gasteiger charge is 2.51. The molecule has 0 radical (unpaired) electrons. The SMILES string of the molecule is CNCO[C@]1(CNCNC[C@@](C)(O)CC(C)C)Cc2c3c(c4c(c2O[C@@H]1c1ccc(O)c(OCCO)c1)CC[C@H](CO)O4)-c1ccc(O)c2c1[C@H](C3)[C@@H](c1ccc3[nH]ccc3c1)C(CNC)=C2. The molecule has 14 heteroatoms. The second-order valence-electron chi connectivity index (χ2n) is 19.6. The first-order valence-electron chi connectivity index (χ1n) is 23.8. The predicted molar refractivity (Wildman–Crippen MR) is 259 cm³/mol. The second-order valence-corrected chi connectivity index (χ2v) is 19.6. The van der Waals surface area contributed by atoms with Crippen molar-refractivity contribution < 1.29 is 44.5 Å². The summed E-state index contributed by atoms with van der Waals surface area (Å²) in [5, 5.41) is 68.8.